The minimum atomic E-state index is 0.750. The Morgan fingerprint density at radius 2 is 1.83 bits per heavy atom. The highest BCUT2D eigenvalue weighted by Gasteiger charge is 2.07. The Kier molecular flexibility index (Phi) is 2.66. The molecule has 0 fully saturated rings. The van der Waals surface area contributed by atoms with Crippen LogP contribution in [-0.4, -0.2) is 0 Å². The SMILES string of the molecule is Brc1[pH]c2cccc(Br)c2c1Br. The van der Waals surface area contributed by atoms with E-state index in [0.717, 1.165) is 12.7 Å². The Bertz CT molecular complexity index is 433. The first-order valence-corrected chi connectivity index (χ1v) is 6.69. The molecule has 0 spiro atoms. The molecule has 4 heteroatoms. The summed E-state index contributed by atoms with van der Waals surface area (Å²) in [5.74, 6) is 0. The average Bonchev–Trinajstić information content (AvgIpc) is 2.29. The van der Waals surface area contributed by atoms with Crippen LogP contribution >= 0.6 is 56.0 Å². The lowest BCUT2D eigenvalue weighted by Crippen LogP contribution is -1.66. The first kappa shape index (κ1) is 9.26. The second-order valence-electron chi connectivity index (χ2n) is 2.42. The van der Waals surface area contributed by atoms with Crippen molar-refractivity contribution in [3.05, 3.63) is 31.3 Å². The monoisotopic (exact) mass is 368 g/mol. The zero-order valence-corrected chi connectivity index (χ0v) is 11.6. The van der Waals surface area contributed by atoms with Crippen molar-refractivity contribution in [1.82, 2.24) is 0 Å². The molecule has 0 N–H and O–H groups in total. The number of rotatable bonds is 0. The van der Waals surface area contributed by atoms with Crippen LogP contribution in [0.4, 0.5) is 0 Å². The minimum Gasteiger partial charge on any atom is -0.115 e. The third-order valence-corrected chi connectivity index (χ3v) is 6.17. The Hall–Kier alpha value is 0.700. The maximum atomic E-state index is 3.56. The van der Waals surface area contributed by atoms with E-state index in [2.05, 4.69) is 66.0 Å². The van der Waals surface area contributed by atoms with Crippen LogP contribution in [0.2, 0.25) is 0 Å². The molecular formula is C8H4Br3P. The topological polar surface area (TPSA) is 0 Å². The predicted octanol–water partition coefficient (Wildman–Crippen LogP) is 5.16. The third-order valence-electron chi connectivity index (χ3n) is 1.67. The van der Waals surface area contributed by atoms with Gasteiger partial charge in [-0.05, 0) is 37.9 Å². The van der Waals surface area contributed by atoms with Crippen molar-refractivity contribution < 1.29 is 0 Å². The van der Waals surface area contributed by atoms with Crippen molar-refractivity contribution in [3.8, 4) is 0 Å². The molecule has 0 aliphatic rings. The van der Waals surface area contributed by atoms with E-state index in [1.807, 2.05) is 0 Å². The third kappa shape index (κ3) is 1.41. The lowest BCUT2D eigenvalue weighted by molar-refractivity contribution is 1.76. The van der Waals surface area contributed by atoms with Crippen LogP contribution in [-0.2, 0) is 0 Å². The highest BCUT2D eigenvalue weighted by Crippen LogP contribution is 2.45. The molecule has 0 aliphatic carbocycles. The fraction of sp³-hybridized carbons (Fsp3) is 0. The lowest BCUT2D eigenvalue weighted by Gasteiger charge is -1.93. The number of hydrogen-bond donors (Lipinski definition) is 0. The van der Waals surface area contributed by atoms with Gasteiger partial charge in [0, 0.05) is 23.7 Å². The van der Waals surface area contributed by atoms with E-state index in [1.54, 1.807) is 0 Å². The molecule has 0 nitrogen and oxygen atoms in total. The summed E-state index contributed by atoms with van der Waals surface area (Å²) in [6.45, 7) is 0. The van der Waals surface area contributed by atoms with Gasteiger partial charge in [-0.15, -0.1) is 8.19 Å². The molecule has 1 unspecified atom stereocenters. The van der Waals surface area contributed by atoms with Crippen molar-refractivity contribution >= 4 is 66.5 Å². The fourth-order valence-electron chi connectivity index (χ4n) is 1.13. The van der Waals surface area contributed by atoms with Gasteiger partial charge in [-0.25, -0.2) is 0 Å². The second kappa shape index (κ2) is 3.45. The molecule has 2 rings (SSSR count). The highest BCUT2D eigenvalue weighted by atomic mass is 79.9. The molecular weight excluding hydrogens is 367 g/mol. The normalized spacial score (nSPS) is 11.6. The van der Waals surface area contributed by atoms with Crippen molar-refractivity contribution in [2.75, 3.05) is 0 Å². The molecule has 1 aromatic carbocycles. The molecule has 1 atom stereocenters. The molecule has 2 aromatic rings. The van der Waals surface area contributed by atoms with E-state index in [9.17, 15) is 0 Å². The predicted molar refractivity (Wildman–Crippen MR) is 66.5 cm³/mol. The Morgan fingerprint density at radius 1 is 1.08 bits per heavy atom. The zero-order valence-electron chi connectivity index (χ0n) is 5.87. The summed E-state index contributed by atoms with van der Waals surface area (Å²) >= 11 is 10.6. The van der Waals surface area contributed by atoms with Crippen LogP contribution in [0, 0.1) is 0 Å². The Labute approximate surface area is 97.2 Å². The number of fused-ring (bicyclic) bond motifs is 1. The van der Waals surface area contributed by atoms with Crippen molar-refractivity contribution in [2.24, 2.45) is 0 Å². The molecule has 12 heavy (non-hydrogen) atoms. The molecule has 1 heterocycles. The van der Waals surface area contributed by atoms with Gasteiger partial charge in [-0.3, -0.25) is 0 Å². The van der Waals surface area contributed by atoms with Gasteiger partial charge in [-0.2, -0.15) is 0 Å². The first-order valence-electron chi connectivity index (χ1n) is 3.31. The van der Waals surface area contributed by atoms with Crippen LogP contribution < -0.4 is 0 Å². The molecule has 0 amide bonds. The van der Waals surface area contributed by atoms with Crippen LogP contribution in [0.1, 0.15) is 0 Å². The second-order valence-corrected chi connectivity index (χ2v) is 6.88. The maximum absolute atomic E-state index is 3.56. The largest absolute Gasteiger partial charge is 0.115 e. The van der Waals surface area contributed by atoms with Crippen LogP contribution in [0.25, 0.3) is 10.5 Å². The van der Waals surface area contributed by atoms with Crippen LogP contribution in [0.3, 0.4) is 0 Å². The van der Waals surface area contributed by atoms with E-state index in [4.69, 9.17) is 0 Å². The molecule has 1 aromatic heterocycles. The number of halogens is 3. The van der Waals surface area contributed by atoms with Gasteiger partial charge in [0.1, 0.15) is 0 Å². The van der Waals surface area contributed by atoms with Gasteiger partial charge >= 0.3 is 0 Å². The van der Waals surface area contributed by atoms with Crippen LogP contribution in [0.5, 0.6) is 0 Å². The molecule has 0 bridgehead atoms. The van der Waals surface area contributed by atoms with Crippen molar-refractivity contribution in [3.63, 3.8) is 0 Å². The maximum Gasteiger partial charge on any atom is 0.0491 e. The fourth-order valence-corrected chi connectivity index (χ4v) is 4.93. The lowest BCUT2D eigenvalue weighted by atomic mass is 10.3. The summed E-state index contributed by atoms with van der Waals surface area (Å²) in [5, 5.41) is 2.69. The molecule has 0 aliphatic heterocycles. The first-order chi connectivity index (χ1) is 5.70. The van der Waals surface area contributed by atoms with Gasteiger partial charge < -0.3 is 0 Å². The van der Waals surface area contributed by atoms with Gasteiger partial charge in [-0.1, -0.05) is 28.1 Å². The highest BCUT2D eigenvalue weighted by molar-refractivity contribution is 9.13. The van der Waals surface area contributed by atoms with Gasteiger partial charge in [0.15, 0.2) is 0 Å². The van der Waals surface area contributed by atoms with E-state index < -0.39 is 0 Å². The summed E-state index contributed by atoms with van der Waals surface area (Å²) in [4.78, 5) is 0. The van der Waals surface area contributed by atoms with E-state index >= 15 is 0 Å². The van der Waals surface area contributed by atoms with Crippen LogP contribution in [0.15, 0.2) is 31.3 Å². The van der Waals surface area contributed by atoms with Gasteiger partial charge in [0.25, 0.3) is 0 Å². The smallest absolute Gasteiger partial charge is 0.0491 e. The quantitative estimate of drug-likeness (QED) is 0.601. The minimum absolute atomic E-state index is 0.750. The summed E-state index contributed by atoms with van der Waals surface area (Å²) in [6, 6.07) is 6.30. The van der Waals surface area contributed by atoms with E-state index in [0.29, 0.717) is 0 Å². The average molecular weight is 371 g/mol. The zero-order chi connectivity index (χ0) is 8.72. The molecule has 0 saturated heterocycles. The van der Waals surface area contributed by atoms with Gasteiger partial charge in [0.05, 0.1) is 0 Å². The number of hydrogen-bond acceptors (Lipinski definition) is 0. The summed E-state index contributed by atoms with van der Waals surface area (Å²) in [5.41, 5.74) is 0. The molecule has 62 valence electrons. The standard InChI is InChI=1S/C8H4Br3P/c9-4-2-1-3-5-6(4)7(10)8(11)12-5/h1-3,12H. The van der Waals surface area contributed by atoms with Gasteiger partial charge in [0.2, 0.25) is 0 Å². The summed E-state index contributed by atoms with van der Waals surface area (Å²) in [7, 11) is 0.750. The Balaban J connectivity index is 2.97. The Morgan fingerprint density at radius 3 is 2.50 bits per heavy atom. The van der Waals surface area contributed by atoms with E-state index in [1.165, 1.54) is 19.2 Å². The summed E-state index contributed by atoms with van der Waals surface area (Å²) < 4.78 is 3.60. The van der Waals surface area contributed by atoms with Crippen molar-refractivity contribution in [2.45, 2.75) is 0 Å². The molecule has 0 saturated carbocycles. The van der Waals surface area contributed by atoms with E-state index in [-0.39, 0.29) is 0 Å². The van der Waals surface area contributed by atoms with Crippen molar-refractivity contribution in [1.29, 1.82) is 0 Å². The molecule has 0 radical (unpaired) electrons. The summed E-state index contributed by atoms with van der Waals surface area (Å²) in [6.07, 6.45) is 0. The number of benzene rings is 1.